The van der Waals surface area contributed by atoms with Crippen LogP contribution >= 0.6 is 24.0 Å². The summed E-state index contributed by atoms with van der Waals surface area (Å²) in [5.41, 5.74) is 1.36. The average molecular weight is 532 g/mol. The third-order valence-corrected chi connectivity index (χ3v) is 6.72. The second kappa shape index (κ2) is 11.1. The fraction of sp³-hybridized carbons (Fsp3) is 0.810. The molecule has 1 saturated carbocycles. The molecule has 3 fully saturated rings. The molecule has 0 aromatic carbocycles. The first-order chi connectivity index (χ1) is 14.2. The standard InChI is InChI=1S/C21H36N6O2.HI/c1-22-20(26-8-13-29-19(16-26)18-14-24-25(2)15-18)23-17-21(6-4-3-5-7-21)27-9-11-28-12-10-27;/h14-15,19H,3-13,16-17H2,1-2H3,(H,22,23);1H. The van der Waals surface area contributed by atoms with Gasteiger partial charge in [-0.3, -0.25) is 14.6 Å². The molecule has 0 radical (unpaired) electrons. The summed E-state index contributed by atoms with van der Waals surface area (Å²) >= 11 is 0. The van der Waals surface area contributed by atoms with Gasteiger partial charge >= 0.3 is 0 Å². The van der Waals surface area contributed by atoms with Gasteiger partial charge in [0.05, 0.1) is 32.6 Å². The maximum absolute atomic E-state index is 6.01. The van der Waals surface area contributed by atoms with Crippen molar-refractivity contribution in [3.63, 3.8) is 0 Å². The van der Waals surface area contributed by atoms with E-state index in [-0.39, 0.29) is 35.6 Å². The molecule has 2 aliphatic heterocycles. The Morgan fingerprint density at radius 2 is 1.97 bits per heavy atom. The van der Waals surface area contributed by atoms with Crippen LogP contribution in [0.5, 0.6) is 0 Å². The molecule has 8 nitrogen and oxygen atoms in total. The van der Waals surface area contributed by atoms with Crippen LogP contribution in [0.3, 0.4) is 0 Å². The molecule has 1 N–H and O–H groups in total. The van der Waals surface area contributed by atoms with Crippen LogP contribution in [0.2, 0.25) is 0 Å². The summed E-state index contributed by atoms with van der Waals surface area (Å²) in [7, 11) is 3.83. The molecule has 4 rings (SSSR count). The molecule has 1 aromatic rings. The smallest absolute Gasteiger partial charge is 0.193 e. The average Bonchev–Trinajstić information content (AvgIpc) is 3.22. The maximum Gasteiger partial charge on any atom is 0.193 e. The van der Waals surface area contributed by atoms with Gasteiger partial charge in [0, 0.05) is 57.6 Å². The second-order valence-corrected chi connectivity index (χ2v) is 8.54. The maximum atomic E-state index is 6.01. The van der Waals surface area contributed by atoms with Gasteiger partial charge in [0.15, 0.2) is 5.96 Å². The number of ether oxygens (including phenoxy) is 2. The van der Waals surface area contributed by atoms with Crippen molar-refractivity contribution >= 4 is 29.9 Å². The zero-order valence-corrected chi connectivity index (χ0v) is 20.7. The number of nitrogens with zero attached hydrogens (tertiary/aromatic N) is 5. The van der Waals surface area contributed by atoms with Crippen LogP contribution in [-0.2, 0) is 16.5 Å². The van der Waals surface area contributed by atoms with Crippen molar-refractivity contribution in [2.24, 2.45) is 12.0 Å². The zero-order valence-electron chi connectivity index (χ0n) is 18.4. The third kappa shape index (κ3) is 5.46. The van der Waals surface area contributed by atoms with Gasteiger partial charge in [-0.05, 0) is 12.8 Å². The number of hydrogen-bond donors (Lipinski definition) is 1. The van der Waals surface area contributed by atoms with E-state index >= 15 is 0 Å². The minimum atomic E-state index is 0. The Balaban J connectivity index is 0.00000256. The lowest BCUT2D eigenvalue weighted by Gasteiger charge is -2.48. The quantitative estimate of drug-likeness (QED) is 0.364. The van der Waals surface area contributed by atoms with Crippen molar-refractivity contribution < 1.29 is 9.47 Å². The van der Waals surface area contributed by atoms with Gasteiger partial charge in [0.2, 0.25) is 0 Å². The summed E-state index contributed by atoms with van der Waals surface area (Å²) in [5, 5.41) is 8.04. The van der Waals surface area contributed by atoms with Crippen LogP contribution in [-0.4, -0.2) is 90.7 Å². The topological polar surface area (TPSA) is 67.2 Å². The van der Waals surface area contributed by atoms with Gasteiger partial charge in [-0.25, -0.2) is 0 Å². The highest BCUT2D eigenvalue weighted by atomic mass is 127. The largest absolute Gasteiger partial charge is 0.379 e. The molecular formula is C21H37IN6O2. The van der Waals surface area contributed by atoms with Gasteiger partial charge < -0.3 is 19.7 Å². The predicted octanol–water partition coefficient (Wildman–Crippen LogP) is 2.02. The molecular weight excluding hydrogens is 495 g/mol. The molecule has 0 amide bonds. The molecule has 1 aromatic heterocycles. The van der Waals surface area contributed by atoms with Crippen molar-refractivity contribution in [2.45, 2.75) is 43.7 Å². The van der Waals surface area contributed by atoms with E-state index in [1.807, 2.05) is 31.2 Å². The Bertz CT molecular complexity index is 685. The van der Waals surface area contributed by atoms with Crippen LogP contribution in [0.15, 0.2) is 17.4 Å². The first-order valence-corrected chi connectivity index (χ1v) is 11.1. The number of guanidine groups is 1. The SMILES string of the molecule is CN=C(NCC1(N2CCOCC2)CCCCC1)N1CCOC(c2cnn(C)c2)C1.I. The van der Waals surface area contributed by atoms with Crippen molar-refractivity contribution in [3.05, 3.63) is 18.0 Å². The Morgan fingerprint density at radius 3 is 2.63 bits per heavy atom. The van der Waals surface area contributed by atoms with E-state index < -0.39 is 0 Å². The number of hydrogen-bond acceptors (Lipinski definition) is 5. The van der Waals surface area contributed by atoms with Crippen LogP contribution in [0, 0.1) is 0 Å². The highest BCUT2D eigenvalue weighted by Gasteiger charge is 2.39. The van der Waals surface area contributed by atoms with Crippen molar-refractivity contribution in [1.82, 2.24) is 24.9 Å². The van der Waals surface area contributed by atoms with E-state index in [0.717, 1.165) is 57.5 Å². The van der Waals surface area contributed by atoms with Gasteiger partial charge in [0.1, 0.15) is 6.10 Å². The molecule has 3 aliphatic rings. The summed E-state index contributed by atoms with van der Waals surface area (Å²) in [6, 6.07) is 0. The van der Waals surface area contributed by atoms with E-state index in [1.54, 1.807) is 0 Å². The van der Waals surface area contributed by atoms with E-state index in [2.05, 4.69) is 25.2 Å². The van der Waals surface area contributed by atoms with E-state index in [9.17, 15) is 0 Å². The molecule has 1 atom stereocenters. The lowest BCUT2D eigenvalue weighted by atomic mass is 9.79. The highest BCUT2D eigenvalue weighted by molar-refractivity contribution is 14.0. The summed E-state index contributed by atoms with van der Waals surface area (Å²) in [6.07, 6.45) is 10.5. The number of aromatic nitrogens is 2. The van der Waals surface area contributed by atoms with Crippen LogP contribution < -0.4 is 5.32 Å². The molecule has 1 unspecified atom stereocenters. The number of halogens is 1. The molecule has 170 valence electrons. The van der Waals surface area contributed by atoms with Gasteiger partial charge in [-0.15, -0.1) is 24.0 Å². The van der Waals surface area contributed by atoms with Gasteiger partial charge in [-0.1, -0.05) is 19.3 Å². The summed E-state index contributed by atoms with van der Waals surface area (Å²) in [5.74, 6) is 0.986. The lowest BCUT2D eigenvalue weighted by molar-refractivity contribution is -0.0362. The lowest BCUT2D eigenvalue weighted by Crippen LogP contribution is -2.61. The minimum Gasteiger partial charge on any atom is -0.379 e. The fourth-order valence-electron chi connectivity index (χ4n) is 5.08. The molecule has 2 saturated heterocycles. The summed E-state index contributed by atoms with van der Waals surface area (Å²) in [6.45, 7) is 7.11. The first kappa shape index (κ1) is 23.7. The number of morpholine rings is 2. The third-order valence-electron chi connectivity index (χ3n) is 6.72. The van der Waals surface area contributed by atoms with E-state index in [1.165, 1.54) is 32.1 Å². The monoisotopic (exact) mass is 532 g/mol. The highest BCUT2D eigenvalue weighted by Crippen LogP contribution is 2.34. The molecule has 30 heavy (non-hydrogen) atoms. The van der Waals surface area contributed by atoms with Crippen molar-refractivity contribution in [2.75, 3.05) is 59.6 Å². The predicted molar refractivity (Wildman–Crippen MR) is 128 cm³/mol. The Hall–Kier alpha value is -0.910. The van der Waals surface area contributed by atoms with Crippen molar-refractivity contribution in [3.8, 4) is 0 Å². The molecule has 0 spiro atoms. The Labute approximate surface area is 197 Å². The normalized spacial score (nSPS) is 25.6. The molecule has 3 heterocycles. The first-order valence-electron chi connectivity index (χ1n) is 11.1. The summed E-state index contributed by atoms with van der Waals surface area (Å²) in [4.78, 5) is 9.62. The molecule has 1 aliphatic carbocycles. The Morgan fingerprint density at radius 1 is 1.20 bits per heavy atom. The second-order valence-electron chi connectivity index (χ2n) is 8.54. The van der Waals surface area contributed by atoms with Gasteiger partial charge in [-0.2, -0.15) is 5.10 Å². The van der Waals surface area contributed by atoms with Crippen LogP contribution in [0.4, 0.5) is 0 Å². The van der Waals surface area contributed by atoms with Crippen LogP contribution in [0.25, 0.3) is 0 Å². The minimum absolute atomic E-state index is 0. The number of aryl methyl sites for hydroxylation is 1. The number of rotatable bonds is 4. The van der Waals surface area contributed by atoms with E-state index in [0.29, 0.717) is 6.61 Å². The van der Waals surface area contributed by atoms with Crippen molar-refractivity contribution in [1.29, 1.82) is 0 Å². The zero-order chi connectivity index (χ0) is 20.1. The molecule has 9 heteroatoms. The van der Waals surface area contributed by atoms with E-state index in [4.69, 9.17) is 9.47 Å². The Kier molecular flexibility index (Phi) is 8.79. The van der Waals surface area contributed by atoms with Gasteiger partial charge in [0.25, 0.3) is 0 Å². The fourth-order valence-corrected chi connectivity index (χ4v) is 5.08. The number of aliphatic imine (C=N–C) groups is 1. The summed E-state index contributed by atoms with van der Waals surface area (Å²) < 4.78 is 13.5. The van der Waals surface area contributed by atoms with Crippen LogP contribution in [0.1, 0.15) is 43.8 Å². The number of nitrogens with one attached hydrogen (secondary N) is 1. The molecule has 0 bridgehead atoms.